The van der Waals surface area contributed by atoms with Crippen LogP contribution in [0.15, 0.2) is 104 Å². The molecule has 1 N–H and O–H groups in total. The van der Waals surface area contributed by atoms with Crippen molar-refractivity contribution in [1.82, 2.24) is 4.57 Å². The third-order valence-corrected chi connectivity index (χ3v) is 8.67. The molecule has 1 aliphatic heterocycles. The number of fused-ring (bicyclic) bond motifs is 1. The van der Waals surface area contributed by atoms with Gasteiger partial charge in [0.1, 0.15) is 29.1 Å². The zero-order valence-electron chi connectivity index (χ0n) is 23.8. The lowest BCUT2D eigenvalue weighted by Crippen LogP contribution is -2.40. The van der Waals surface area contributed by atoms with Gasteiger partial charge in [0.25, 0.3) is 11.5 Å². The minimum Gasteiger partial charge on any atom is -0.497 e. The number of para-hydroxylation sites is 1. The molecule has 0 aliphatic carbocycles. The van der Waals surface area contributed by atoms with E-state index in [0.29, 0.717) is 70.5 Å². The van der Waals surface area contributed by atoms with Crippen molar-refractivity contribution in [2.75, 3.05) is 19.5 Å². The molecule has 1 atom stereocenters. The van der Waals surface area contributed by atoms with Gasteiger partial charge in [-0.3, -0.25) is 14.2 Å². The molecule has 3 aromatic carbocycles. The van der Waals surface area contributed by atoms with Gasteiger partial charge in [0.2, 0.25) is 0 Å². The van der Waals surface area contributed by atoms with Crippen LogP contribution in [0.4, 0.5) is 5.69 Å². The van der Waals surface area contributed by atoms with Gasteiger partial charge < -0.3 is 19.2 Å². The number of aromatic nitrogens is 1. The van der Waals surface area contributed by atoms with E-state index in [0.717, 1.165) is 0 Å². The molecule has 1 aliphatic rings. The van der Waals surface area contributed by atoms with Crippen molar-refractivity contribution in [2.45, 2.75) is 13.0 Å². The van der Waals surface area contributed by atoms with E-state index in [1.54, 1.807) is 80.8 Å². The van der Waals surface area contributed by atoms with Crippen LogP contribution in [0.25, 0.3) is 17.4 Å². The van der Waals surface area contributed by atoms with Gasteiger partial charge in [0, 0.05) is 34.0 Å². The number of carbonyl (C=O) groups excluding carboxylic acids is 1. The van der Waals surface area contributed by atoms with Crippen LogP contribution in [0.5, 0.6) is 11.5 Å². The van der Waals surface area contributed by atoms with Gasteiger partial charge in [-0.15, -0.1) is 0 Å². The Hall–Kier alpha value is -4.57. The smallest absolute Gasteiger partial charge is 0.271 e. The number of allylic oxidation sites excluding steroid dienone is 1. The number of hydrogen-bond acceptors (Lipinski definition) is 7. The second kappa shape index (κ2) is 12.2. The van der Waals surface area contributed by atoms with Crippen LogP contribution in [0, 0.1) is 0 Å². The largest absolute Gasteiger partial charge is 0.497 e. The van der Waals surface area contributed by atoms with E-state index in [2.05, 4.69) is 5.32 Å². The summed E-state index contributed by atoms with van der Waals surface area (Å²) < 4.78 is 19.0. The first kappa shape index (κ1) is 29.5. The molecule has 44 heavy (non-hydrogen) atoms. The molecule has 8 nitrogen and oxygen atoms in total. The number of ether oxygens (including phenoxy) is 2. The van der Waals surface area contributed by atoms with E-state index >= 15 is 0 Å². The summed E-state index contributed by atoms with van der Waals surface area (Å²) in [5.41, 5.74) is 2.30. The maximum absolute atomic E-state index is 14.1. The minimum absolute atomic E-state index is 0.312. The predicted molar refractivity (Wildman–Crippen MR) is 173 cm³/mol. The minimum atomic E-state index is -0.838. The quantitative estimate of drug-likeness (QED) is 0.219. The van der Waals surface area contributed by atoms with E-state index in [9.17, 15) is 9.59 Å². The van der Waals surface area contributed by atoms with Crippen LogP contribution in [0.3, 0.4) is 0 Å². The molecule has 222 valence electrons. The number of benzene rings is 3. The maximum atomic E-state index is 14.1. The van der Waals surface area contributed by atoms with Gasteiger partial charge in [-0.25, -0.2) is 4.99 Å². The van der Waals surface area contributed by atoms with Gasteiger partial charge >= 0.3 is 0 Å². The summed E-state index contributed by atoms with van der Waals surface area (Å²) in [5, 5.41) is 3.95. The summed E-state index contributed by atoms with van der Waals surface area (Å²) in [4.78, 5) is 33.1. The predicted octanol–water partition coefficient (Wildman–Crippen LogP) is 6.46. The van der Waals surface area contributed by atoms with Crippen LogP contribution in [0.1, 0.15) is 24.3 Å². The highest BCUT2D eigenvalue weighted by molar-refractivity contribution is 7.07. The summed E-state index contributed by atoms with van der Waals surface area (Å²) >= 11 is 13.7. The third-order valence-electron chi connectivity index (χ3n) is 7.13. The van der Waals surface area contributed by atoms with Crippen molar-refractivity contribution >= 4 is 52.2 Å². The zero-order valence-corrected chi connectivity index (χ0v) is 26.1. The molecule has 0 spiro atoms. The van der Waals surface area contributed by atoms with E-state index in [4.69, 9.17) is 42.1 Å². The summed E-state index contributed by atoms with van der Waals surface area (Å²) in [6, 6.07) is 22.2. The van der Waals surface area contributed by atoms with Crippen molar-refractivity contribution in [1.29, 1.82) is 0 Å². The first-order valence-electron chi connectivity index (χ1n) is 13.4. The molecule has 5 aromatic rings. The van der Waals surface area contributed by atoms with Crippen molar-refractivity contribution < 1.29 is 18.7 Å². The van der Waals surface area contributed by atoms with Gasteiger partial charge in [-0.05, 0) is 61.5 Å². The Morgan fingerprint density at radius 1 is 1.02 bits per heavy atom. The monoisotopic (exact) mass is 645 g/mol. The lowest BCUT2D eigenvalue weighted by atomic mass is 9.94. The summed E-state index contributed by atoms with van der Waals surface area (Å²) in [7, 11) is 3.09. The Labute approximate surface area is 266 Å². The van der Waals surface area contributed by atoms with Crippen LogP contribution >= 0.6 is 34.5 Å². The second-order valence-corrected chi connectivity index (χ2v) is 11.7. The highest BCUT2D eigenvalue weighted by atomic mass is 35.5. The Balaban J connectivity index is 1.49. The van der Waals surface area contributed by atoms with Crippen molar-refractivity contribution in [3.63, 3.8) is 0 Å². The average Bonchev–Trinajstić information content (AvgIpc) is 3.61. The molecule has 6 rings (SSSR count). The molecule has 0 fully saturated rings. The molecule has 0 saturated heterocycles. The number of methoxy groups -OCH3 is 2. The average molecular weight is 647 g/mol. The third kappa shape index (κ3) is 5.57. The van der Waals surface area contributed by atoms with E-state index in [1.807, 2.05) is 18.2 Å². The molecule has 0 saturated carbocycles. The van der Waals surface area contributed by atoms with Crippen LogP contribution in [-0.4, -0.2) is 24.7 Å². The first-order valence-corrected chi connectivity index (χ1v) is 15.0. The van der Waals surface area contributed by atoms with Gasteiger partial charge in [-0.1, -0.05) is 52.7 Å². The number of carbonyl (C=O) groups is 1. The standard InChI is InChI=1S/C33H25Cl2N3O5S/c1-18-29(31(39)37-20-7-5-4-6-8-20)30(23-12-10-21(41-2)16-27(23)42-3)38-32(40)28(44-33(38)36-18)17-22-11-14-26(43-22)24-15-19(34)9-13-25(24)35/h4-17,30H,1-3H3,(H,37,39)/b28-17-/t30-/m1/s1. The number of furan rings is 1. The van der Waals surface area contributed by atoms with Gasteiger partial charge in [-0.2, -0.15) is 0 Å². The number of nitrogens with zero attached hydrogens (tertiary/aromatic N) is 2. The number of rotatable bonds is 7. The number of hydrogen-bond donors (Lipinski definition) is 1. The van der Waals surface area contributed by atoms with Crippen LogP contribution in [-0.2, 0) is 4.79 Å². The zero-order chi connectivity index (χ0) is 31.0. The number of halogens is 2. The van der Waals surface area contributed by atoms with Crippen molar-refractivity contribution in [3.05, 3.63) is 131 Å². The topological polar surface area (TPSA) is 95.1 Å². The number of nitrogens with one attached hydrogen (secondary N) is 1. The molecule has 1 amide bonds. The van der Waals surface area contributed by atoms with Crippen molar-refractivity contribution in [2.24, 2.45) is 4.99 Å². The van der Waals surface area contributed by atoms with E-state index < -0.39 is 6.04 Å². The van der Waals surface area contributed by atoms with Crippen LogP contribution in [0.2, 0.25) is 10.0 Å². The maximum Gasteiger partial charge on any atom is 0.271 e. The lowest BCUT2D eigenvalue weighted by Gasteiger charge is -2.26. The second-order valence-electron chi connectivity index (χ2n) is 9.84. The fourth-order valence-corrected chi connectivity index (χ4v) is 6.47. The normalized spacial score (nSPS) is 14.7. The van der Waals surface area contributed by atoms with Gasteiger partial charge in [0.05, 0.1) is 35.0 Å². The Morgan fingerprint density at radius 3 is 2.57 bits per heavy atom. The molecule has 11 heteroatoms. The molecule has 3 heterocycles. The molecule has 0 bridgehead atoms. The van der Waals surface area contributed by atoms with E-state index in [-0.39, 0.29) is 11.5 Å². The Bertz CT molecular complexity index is 2110. The lowest BCUT2D eigenvalue weighted by molar-refractivity contribution is -0.113. The van der Waals surface area contributed by atoms with Crippen molar-refractivity contribution in [3.8, 4) is 22.8 Å². The SMILES string of the molecule is COc1ccc([C@@H]2C(C(=O)Nc3ccccc3)=C(C)N=c3s/c(=C\c4ccc(-c5cc(Cl)ccc5Cl)o4)c(=O)n32)c(OC)c1. The van der Waals surface area contributed by atoms with Crippen LogP contribution < -0.4 is 29.7 Å². The fraction of sp³-hybridized carbons (Fsp3) is 0.121. The molecule has 2 aromatic heterocycles. The Kier molecular flexibility index (Phi) is 8.18. The van der Waals surface area contributed by atoms with E-state index in [1.165, 1.54) is 23.0 Å². The summed E-state index contributed by atoms with van der Waals surface area (Å²) in [6.45, 7) is 1.76. The highest BCUT2D eigenvalue weighted by Crippen LogP contribution is 2.38. The number of thiazole rings is 1. The first-order chi connectivity index (χ1) is 21.3. The Morgan fingerprint density at radius 2 is 1.82 bits per heavy atom. The molecular weight excluding hydrogens is 621 g/mol. The molecule has 0 radical (unpaired) electrons. The summed E-state index contributed by atoms with van der Waals surface area (Å²) in [5.74, 6) is 1.59. The highest BCUT2D eigenvalue weighted by Gasteiger charge is 2.34. The molecular formula is C33H25Cl2N3O5S. The van der Waals surface area contributed by atoms with Gasteiger partial charge in [0.15, 0.2) is 4.80 Å². The fourth-order valence-electron chi connectivity index (χ4n) is 5.06. The summed E-state index contributed by atoms with van der Waals surface area (Å²) in [6.07, 6.45) is 1.65. The number of anilines is 1. The number of amides is 1. The molecule has 0 unspecified atom stereocenters.